The molecule has 2 aromatic carbocycles. The molecule has 0 unspecified atom stereocenters. The van der Waals surface area contributed by atoms with E-state index in [0.717, 1.165) is 10.0 Å². The van der Waals surface area contributed by atoms with Gasteiger partial charge in [-0.2, -0.15) is 0 Å². The normalized spacial score (nSPS) is 10.6. The van der Waals surface area contributed by atoms with Crippen LogP contribution in [0.5, 0.6) is 0 Å². The molecule has 3 rings (SSSR count). The SMILES string of the molecule is Cc1ccc(NC(=O)c2nnc(-c3ccc(F)cc3)o2)c(Br)c1. The van der Waals surface area contributed by atoms with Crippen LogP contribution in [0.2, 0.25) is 0 Å². The summed E-state index contributed by atoms with van der Waals surface area (Å²) in [5.41, 5.74) is 2.20. The zero-order chi connectivity index (χ0) is 16.4. The fourth-order valence-corrected chi connectivity index (χ4v) is 2.51. The van der Waals surface area contributed by atoms with Gasteiger partial charge in [0.1, 0.15) is 5.82 Å². The first-order valence-electron chi connectivity index (χ1n) is 6.70. The van der Waals surface area contributed by atoms with Crippen LogP contribution < -0.4 is 5.32 Å². The summed E-state index contributed by atoms with van der Waals surface area (Å²) in [5.74, 6) is -0.902. The quantitative estimate of drug-likeness (QED) is 0.744. The zero-order valence-corrected chi connectivity index (χ0v) is 13.6. The molecule has 0 saturated heterocycles. The Bertz CT molecular complexity index is 862. The second-order valence-corrected chi connectivity index (χ2v) is 5.71. The molecule has 1 amide bonds. The largest absolute Gasteiger partial charge is 0.412 e. The molecule has 1 heterocycles. The van der Waals surface area contributed by atoms with Gasteiger partial charge in [0.15, 0.2) is 0 Å². The Hall–Kier alpha value is -2.54. The summed E-state index contributed by atoms with van der Waals surface area (Å²) >= 11 is 3.38. The van der Waals surface area contributed by atoms with Crippen LogP contribution in [-0.4, -0.2) is 16.1 Å². The molecule has 1 aromatic heterocycles. The summed E-state index contributed by atoms with van der Waals surface area (Å²) < 4.78 is 19.0. The average Bonchev–Trinajstić information content (AvgIpc) is 3.01. The highest BCUT2D eigenvalue weighted by atomic mass is 79.9. The lowest BCUT2D eigenvalue weighted by molar-refractivity contribution is 0.0990. The fraction of sp³-hybridized carbons (Fsp3) is 0.0625. The molecule has 0 fully saturated rings. The van der Waals surface area contributed by atoms with Gasteiger partial charge in [0.05, 0.1) is 5.69 Å². The van der Waals surface area contributed by atoms with Gasteiger partial charge in [0, 0.05) is 10.0 Å². The Morgan fingerprint density at radius 1 is 1.17 bits per heavy atom. The van der Waals surface area contributed by atoms with Gasteiger partial charge in [-0.05, 0) is 64.8 Å². The van der Waals surface area contributed by atoms with E-state index < -0.39 is 5.91 Å². The highest BCUT2D eigenvalue weighted by molar-refractivity contribution is 9.10. The number of carbonyl (C=O) groups is 1. The van der Waals surface area contributed by atoms with Gasteiger partial charge in [0.2, 0.25) is 5.89 Å². The van der Waals surface area contributed by atoms with Crippen LogP contribution in [0.1, 0.15) is 16.2 Å². The Labute approximate surface area is 139 Å². The number of nitrogens with one attached hydrogen (secondary N) is 1. The van der Waals surface area contributed by atoms with E-state index in [-0.39, 0.29) is 17.6 Å². The van der Waals surface area contributed by atoms with E-state index in [1.54, 1.807) is 6.07 Å². The lowest BCUT2D eigenvalue weighted by atomic mass is 10.2. The lowest BCUT2D eigenvalue weighted by Gasteiger charge is -2.05. The van der Waals surface area contributed by atoms with Crippen LogP contribution in [0, 0.1) is 12.7 Å². The second kappa shape index (κ2) is 6.29. The maximum Gasteiger partial charge on any atom is 0.313 e. The van der Waals surface area contributed by atoms with Gasteiger partial charge in [0.25, 0.3) is 0 Å². The van der Waals surface area contributed by atoms with E-state index in [4.69, 9.17) is 4.42 Å². The summed E-state index contributed by atoms with van der Waals surface area (Å²) in [6, 6.07) is 11.1. The number of rotatable bonds is 3. The molecule has 0 aliphatic rings. The van der Waals surface area contributed by atoms with Crippen LogP contribution in [0.15, 0.2) is 51.4 Å². The van der Waals surface area contributed by atoms with Crippen LogP contribution in [-0.2, 0) is 0 Å². The Balaban J connectivity index is 1.79. The molecule has 7 heteroatoms. The third kappa shape index (κ3) is 3.45. The third-order valence-electron chi connectivity index (χ3n) is 3.08. The van der Waals surface area contributed by atoms with E-state index in [0.29, 0.717) is 11.3 Å². The van der Waals surface area contributed by atoms with Crippen molar-refractivity contribution in [1.29, 1.82) is 0 Å². The average molecular weight is 376 g/mol. The maximum atomic E-state index is 12.9. The molecular formula is C16H11BrFN3O2. The first-order chi connectivity index (χ1) is 11.0. The van der Waals surface area contributed by atoms with Crippen molar-refractivity contribution >= 4 is 27.5 Å². The van der Waals surface area contributed by atoms with Crippen LogP contribution in [0.3, 0.4) is 0 Å². The zero-order valence-electron chi connectivity index (χ0n) is 12.0. The molecule has 3 aromatic rings. The molecular weight excluding hydrogens is 365 g/mol. The summed E-state index contributed by atoms with van der Waals surface area (Å²) in [6.07, 6.45) is 0. The van der Waals surface area contributed by atoms with Gasteiger partial charge >= 0.3 is 11.8 Å². The molecule has 0 aliphatic heterocycles. The first kappa shape index (κ1) is 15.4. The number of anilines is 1. The predicted molar refractivity (Wildman–Crippen MR) is 86.5 cm³/mol. The van der Waals surface area contributed by atoms with Crippen molar-refractivity contribution in [2.24, 2.45) is 0 Å². The molecule has 0 aliphatic carbocycles. The number of aryl methyl sites for hydroxylation is 1. The van der Waals surface area contributed by atoms with Gasteiger partial charge in [-0.25, -0.2) is 4.39 Å². The Kier molecular flexibility index (Phi) is 4.20. The minimum absolute atomic E-state index is 0.151. The molecule has 116 valence electrons. The Morgan fingerprint density at radius 2 is 1.91 bits per heavy atom. The fourth-order valence-electron chi connectivity index (χ4n) is 1.92. The number of amides is 1. The number of aromatic nitrogens is 2. The van der Waals surface area contributed by atoms with Crippen molar-refractivity contribution in [2.75, 3.05) is 5.32 Å². The highest BCUT2D eigenvalue weighted by Crippen LogP contribution is 2.24. The molecule has 23 heavy (non-hydrogen) atoms. The van der Waals surface area contributed by atoms with E-state index in [1.807, 2.05) is 19.1 Å². The third-order valence-corrected chi connectivity index (χ3v) is 3.74. The number of benzene rings is 2. The number of halogens is 2. The lowest BCUT2D eigenvalue weighted by Crippen LogP contribution is -2.12. The second-order valence-electron chi connectivity index (χ2n) is 4.86. The standard InChI is InChI=1S/C16H11BrFN3O2/c1-9-2-7-13(12(17)8-9)19-14(22)16-21-20-15(23-16)10-3-5-11(18)6-4-10/h2-8H,1H3,(H,19,22). The monoisotopic (exact) mass is 375 g/mol. The number of nitrogens with zero attached hydrogens (tertiary/aromatic N) is 2. The van der Waals surface area contributed by atoms with E-state index in [2.05, 4.69) is 31.4 Å². The molecule has 0 radical (unpaired) electrons. The first-order valence-corrected chi connectivity index (χ1v) is 7.49. The Morgan fingerprint density at radius 3 is 2.61 bits per heavy atom. The number of hydrogen-bond acceptors (Lipinski definition) is 4. The van der Waals surface area contributed by atoms with Crippen molar-refractivity contribution in [3.05, 3.63) is 64.2 Å². The smallest absolute Gasteiger partial charge is 0.313 e. The van der Waals surface area contributed by atoms with Crippen LogP contribution in [0.4, 0.5) is 10.1 Å². The van der Waals surface area contributed by atoms with E-state index in [9.17, 15) is 9.18 Å². The van der Waals surface area contributed by atoms with Crippen molar-refractivity contribution in [3.8, 4) is 11.5 Å². The molecule has 1 N–H and O–H groups in total. The van der Waals surface area contributed by atoms with Gasteiger partial charge in [-0.1, -0.05) is 6.07 Å². The summed E-state index contributed by atoms with van der Waals surface area (Å²) in [5, 5.41) is 10.2. The minimum Gasteiger partial charge on any atom is -0.412 e. The van der Waals surface area contributed by atoms with E-state index in [1.165, 1.54) is 24.3 Å². The minimum atomic E-state index is -0.518. The topological polar surface area (TPSA) is 68.0 Å². The maximum absolute atomic E-state index is 12.9. The van der Waals surface area contributed by atoms with Crippen LogP contribution >= 0.6 is 15.9 Å². The summed E-state index contributed by atoms with van der Waals surface area (Å²) in [6.45, 7) is 1.95. The van der Waals surface area contributed by atoms with Crippen LogP contribution in [0.25, 0.3) is 11.5 Å². The summed E-state index contributed by atoms with van der Waals surface area (Å²) in [7, 11) is 0. The van der Waals surface area contributed by atoms with Crippen molar-refractivity contribution in [2.45, 2.75) is 6.92 Å². The molecule has 0 bridgehead atoms. The van der Waals surface area contributed by atoms with Crippen molar-refractivity contribution in [3.63, 3.8) is 0 Å². The number of hydrogen-bond donors (Lipinski definition) is 1. The van der Waals surface area contributed by atoms with Gasteiger partial charge in [-0.15, -0.1) is 10.2 Å². The predicted octanol–water partition coefficient (Wildman–Crippen LogP) is 4.20. The number of carbonyl (C=O) groups excluding carboxylic acids is 1. The van der Waals surface area contributed by atoms with Gasteiger partial charge < -0.3 is 9.73 Å². The van der Waals surface area contributed by atoms with Gasteiger partial charge in [-0.3, -0.25) is 4.79 Å². The molecule has 0 saturated carbocycles. The molecule has 0 atom stereocenters. The molecule has 5 nitrogen and oxygen atoms in total. The highest BCUT2D eigenvalue weighted by Gasteiger charge is 2.17. The van der Waals surface area contributed by atoms with E-state index >= 15 is 0 Å². The van der Waals surface area contributed by atoms with Crippen molar-refractivity contribution < 1.29 is 13.6 Å². The molecule has 0 spiro atoms. The van der Waals surface area contributed by atoms with Crippen molar-refractivity contribution in [1.82, 2.24) is 10.2 Å². The summed E-state index contributed by atoms with van der Waals surface area (Å²) in [4.78, 5) is 12.2.